The van der Waals surface area contributed by atoms with Crippen molar-refractivity contribution in [1.82, 2.24) is 0 Å². The minimum atomic E-state index is -0.306. The molecular formula is C22H29ClO3. The predicted octanol–water partition coefficient (Wildman–Crippen LogP) is 5.18. The molecule has 2 saturated carbocycles. The Balaban J connectivity index is 1.68. The number of allylic oxidation sites excluding steroid dienone is 3. The fourth-order valence-corrected chi connectivity index (χ4v) is 7.08. The number of carbonyl (C=O) groups excluding carboxylic acids is 2. The van der Waals surface area contributed by atoms with Gasteiger partial charge in [0.1, 0.15) is 6.10 Å². The molecule has 4 aliphatic carbocycles. The van der Waals surface area contributed by atoms with Crippen molar-refractivity contribution >= 4 is 23.4 Å². The molecule has 0 bridgehead atoms. The van der Waals surface area contributed by atoms with Gasteiger partial charge >= 0.3 is 5.97 Å². The van der Waals surface area contributed by atoms with E-state index in [0.29, 0.717) is 35.0 Å². The highest BCUT2D eigenvalue weighted by Crippen LogP contribution is 2.64. The molecule has 0 spiro atoms. The summed E-state index contributed by atoms with van der Waals surface area (Å²) < 4.78 is 5.71. The molecule has 26 heavy (non-hydrogen) atoms. The van der Waals surface area contributed by atoms with Gasteiger partial charge in [0.25, 0.3) is 0 Å². The van der Waals surface area contributed by atoms with Gasteiger partial charge in [-0.3, -0.25) is 9.59 Å². The molecule has 0 aromatic heterocycles. The molecule has 4 rings (SSSR count). The third kappa shape index (κ3) is 2.61. The standard InChI is InChI=1S/C22H29ClO3/c1-13(24)26-20-19(23)7-6-17-16-5-4-14-12-15(25)8-10-21(14,2)18(16)9-11-22(17,20)3/h7,12,16-18,20H,4-6,8-11H2,1-3H3/t16-,17-,18-,20?,21-,22-/m0/s1. The highest BCUT2D eigenvalue weighted by molar-refractivity contribution is 6.30. The molecule has 142 valence electrons. The largest absolute Gasteiger partial charge is 0.456 e. The average Bonchev–Trinajstić information content (AvgIpc) is 2.58. The summed E-state index contributed by atoms with van der Waals surface area (Å²) in [4.78, 5) is 23.6. The molecule has 2 fully saturated rings. The smallest absolute Gasteiger partial charge is 0.303 e. The molecule has 4 heteroatoms. The van der Waals surface area contributed by atoms with Crippen LogP contribution in [0.25, 0.3) is 0 Å². The molecule has 3 nitrogen and oxygen atoms in total. The Kier molecular flexibility index (Phi) is 4.38. The minimum Gasteiger partial charge on any atom is -0.456 e. The number of ether oxygens (including phenoxy) is 1. The maximum atomic E-state index is 11.9. The number of ketones is 1. The van der Waals surface area contributed by atoms with Crippen molar-refractivity contribution in [2.75, 3.05) is 0 Å². The molecule has 0 radical (unpaired) electrons. The van der Waals surface area contributed by atoms with Gasteiger partial charge in [-0.15, -0.1) is 0 Å². The lowest BCUT2D eigenvalue weighted by atomic mass is 9.45. The van der Waals surface area contributed by atoms with Crippen molar-refractivity contribution in [1.29, 1.82) is 0 Å². The van der Waals surface area contributed by atoms with Crippen LogP contribution in [0.2, 0.25) is 0 Å². The quantitative estimate of drug-likeness (QED) is 0.592. The molecule has 4 aliphatic rings. The van der Waals surface area contributed by atoms with Crippen LogP contribution in [0.5, 0.6) is 0 Å². The van der Waals surface area contributed by atoms with Gasteiger partial charge < -0.3 is 4.74 Å². The highest BCUT2D eigenvalue weighted by Gasteiger charge is 2.58. The second-order valence-corrected chi connectivity index (χ2v) is 9.76. The number of esters is 1. The van der Waals surface area contributed by atoms with E-state index < -0.39 is 0 Å². The summed E-state index contributed by atoms with van der Waals surface area (Å²) >= 11 is 6.50. The van der Waals surface area contributed by atoms with Gasteiger partial charge in [0.05, 0.1) is 5.03 Å². The van der Waals surface area contributed by atoms with Crippen LogP contribution in [0.15, 0.2) is 22.8 Å². The SMILES string of the molecule is CC(=O)OC1C(Cl)=CC[C@H]2[C@@H]3CCC4=CC(=O)CC[C@]4(C)[C@H]3CC[C@]12C. The summed E-state index contributed by atoms with van der Waals surface area (Å²) in [6.45, 7) is 6.13. The zero-order valence-corrected chi connectivity index (χ0v) is 16.8. The van der Waals surface area contributed by atoms with E-state index >= 15 is 0 Å². The Bertz CT molecular complexity index is 708. The number of rotatable bonds is 1. The summed E-state index contributed by atoms with van der Waals surface area (Å²) in [5.41, 5.74) is 1.47. The first-order valence-electron chi connectivity index (χ1n) is 10.0. The van der Waals surface area contributed by atoms with E-state index in [1.54, 1.807) is 0 Å². The first-order chi connectivity index (χ1) is 12.3. The number of hydrogen-bond donors (Lipinski definition) is 0. The molecule has 0 heterocycles. The van der Waals surface area contributed by atoms with Crippen molar-refractivity contribution in [3.63, 3.8) is 0 Å². The summed E-state index contributed by atoms with van der Waals surface area (Å²) in [7, 11) is 0. The van der Waals surface area contributed by atoms with E-state index in [0.717, 1.165) is 38.5 Å². The van der Waals surface area contributed by atoms with E-state index in [-0.39, 0.29) is 22.9 Å². The van der Waals surface area contributed by atoms with Gasteiger partial charge in [-0.2, -0.15) is 0 Å². The normalized spacial score (nSPS) is 44.8. The van der Waals surface area contributed by atoms with Crippen LogP contribution in [0.1, 0.15) is 65.7 Å². The Morgan fingerprint density at radius 2 is 1.96 bits per heavy atom. The van der Waals surface area contributed by atoms with E-state index in [1.165, 1.54) is 12.5 Å². The molecule has 0 N–H and O–H groups in total. The van der Waals surface area contributed by atoms with Gasteiger partial charge in [0, 0.05) is 18.8 Å². The maximum Gasteiger partial charge on any atom is 0.303 e. The highest BCUT2D eigenvalue weighted by atomic mass is 35.5. The molecule has 1 unspecified atom stereocenters. The monoisotopic (exact) mass is 376 g/mol. The van der Waals surface area contributed by atoms with Crippen LogP contribution >= 0.6 is 11.6 Å². The molecule has 6 atom stereocenters. The third-order valence-corrected chi connectivity index (χ3v) is 8.45. The molecule has 0 saturated heterocycles. The fraction of sp³-hybridized carbons (Fsp3) is 0.727. The summed E-state index contributed by atoms with van der Waals surface area (Å²) in [6, 6.07) is 0. The maximum absolute atomic E-state index is 11.9. The van der Waals surface area contributed by atoms with Crippen molar-refractivity contribution in [3.8, 4) is 0 Å². The van der Waals surface area contributed by atoms with Crippen molar-refractivity contribution in [3.05, 3.63) is 22.8 Å². The van der Waals surface area contributed by atoms with Gasteiger partial charge in [-0.25, -0.2) is 0 Å². The van der Waals surface area contributed by atoms with Crippen LogP contribution in [-0.2, 0) is 14.3 Å². The molecule has 0 aromatic carbocycles. The van der Waals surface area contributed by atoms with Crippen LogP contribution < -0.4 is 0 Å². The van der Waals surface area contributed by atoms with Gasteiger partial charge in [0.15, 0.2) is 5.78 Å². The number of halogens is 1. The van der Waals surface area contributed by atoms with Crippen LogP contribution in [0.4, 0.5) is 0 Å². The Morgan fingerprint density at radius 3 is 2.69 bits per heavy atom. The first-order valence-corrected chi connectivity index (χ1v) is 10.4. The first kappa shape index (κ1) is 18.3. The average molecular weight is 377 g/mol. The van der Waals surface area contributed by atoms with Crippen molar-refractivity contribution in [2.45, 2.75) is 71.8 Å². The second-order valence-electron chi connectivity index (χ2n) is 9.33. The van der Waals surface area contributed by atoms with Gasteiger partial charge in [-0.1, -0.05) is 37.1 Å². The van der Waals surface area contributed by atoms with E-state index in [2.05, 4.69) is 19.9 Å². The van der Waals surface area contributed by atoms with Crippen molar-refractivity contribution in [2.24, 2.45) is 28.6 Å². The van der Waals surface area contributed by atoms with Crippen LogP contribution in [0, 0.1) is 28.6 Å². The predicted molar refractivity (Wildman–Crippen MR) is 102 cm³/mol. The molecule has 0 amide bonds. The lowest BCUT2D eigenvalue weighted by Crippen LogP contribution is -2.55. The second kappa shape index (κ2) is 6.22. The number of hydrogen-bond acceptors (Lipinski definition) is 3. The Morgan fingerprint density at radius 1 is 1.19 bits per heavy atom. The fourth-order valence-electron chi connectivity index (χ4n) is 6.70. The summed E-state index contributed by atoms with van der Waals surface area (Å²) in [6.07, 6.45) is 10.7. The van der Waals surface area contributed by atoms with Gasteiger partial charge in [0.2, 0.25) is 0 Å². The number of fused-ring (bicyclic) bond motifs is 5. The lowest BCUT2D eigenvalue weighted by molar-refractivity contribution is -0.161. The minimum absolute atomic E-state index is 0.0826. The third-order valence-electron chi connectivity index (χ3n) is 8.10. The molecule has 0 aromatic rings. The van der Waals surface area contributed by atoms with E-state index in [9.17, 15) is 9.59 Å². The topological polar surface area (TPSA) is 43.4 Å². The zero-order chi connectivity index (χ0) is 18.7. The summed E-state index contributed by atoms with van der Waals surface area (Å²) in [5, 5.41) is 0.697. The van der Waals surface area contributed by atoms with Crippen molar-refractivity contribution < 1.29 is 14.3 Å². The van der Waals surface area contributed by atoms with E-state index in [1.807, 2.05) is 6.08 Å². The lowest BCUT2D eigenvalue weighted by Gasteiger charge is -2.60. The molecule has 0 aliphatic heterocycles. The molecular weight excluding hydrogens is 348 g/mol. The van der Waals surface area contributed by atoms with Crippen LogP contribution in [0.3, 0.4) is 0 Å². The number of carbonyl (C=O) groups is 2. The van der Waals surface area contributed by atoms with E-state index in [4.69, 9.17) is 16.3 Å². The summed E-state index contributed by atoms with van der Waals surface area (Å²) in [5.74, 6) is 1.78. The Hall–Kier alpha value is -1.09. The zero-order valence-electron chi connectivity index (χ0n) is 16.0. The van der Waals surface area contributed by atoms with Crippen LogP contribution in [-0.4, -0.2) is 17.9 Å². The Labute approximate surface area is 161 Å². The van der Waals surface area contributed by atoms with Gasteiger partial charge in [-0.05, 0) is 67.8 Å².